The van der Waals surface area contributed by atoms with E-state index in [9.17, 15) is 4.79 Å². The molecular weight excluding hydrogens is 364 g/mol. The van der Waals surface area contributed by atoms with Crippen molar-refractivity contribution in [2.24, 2.45) is 0 Å². The second-order valence-corrected chi connectivity index (χ2v) is 6.51. The van der Waals surface area contributed by atoms with Gasteiger partial charge in [0.05, 0.1) is 6.04 Å². The highest BCUT2D eigenvalue weighted by atomic mass is 79.9. The summed E-state index contributed by atoms with van der Waals surface area (Å²) in [5.74, 6) is -0.0665. The molecule has 3 nitrogen and oxygen atoms in total. The first kappa shape index (κ1) is 17.0. The summed E-state index contributed by atoms with van der Waals surface area (Å²) < 4.78 is 0.980. The lowest BCUT2D eigenvalue weighted by Gasteiger charge is -2.20. The maximum Gasteiger partial charge on any atom is 0.241 e. The third-order valence-corrected chi connectivity index (χ3v) is 4.16. The van der Waals surface area contributed by atoms with Crippen LogP contribution in [0.15, 0.2) is 53.0 Å². The summed E-state index contributed by atoms with van der Waals surface area (Å²) in [7, 11) is 0. The quantitative estimate of drug-likeness (QED) is 0.782. The van der Waals surface area contributed by atoms with Gasteiger partial charge in [-0.25, -0.2) is 0 Å². The maximum atomic E-state index is 12.2. The molecule has 2 aromatic carbocycles. The van der Waals surface area contributed by atoms with Crippen LogP contribution in [0.5, 0.6) is 0 Å². The van der Waals surface area contributed by atoms with E-state index in [0.29, 0.717) is 5.02 Å². The lowest BCUT2D eigenvalue weighted by molar-refractivity contribution is -0.117. The molecule has 0 radical (unpaired) electrons. The van der Waals surface area contributed by atoms with Crippen molar-refractivity contribution in [1.82, 2.24) is 5.32 Å². The first-order valence-corrected chi connectivity index (χ1v) is 8.21. The fraction of sp³-hybridized carbons (Fsp3) is 0.235. The normalized spacial score (nSPS) is 13.5. The molecule has 0 aliphatic carbocycles. The van der Waals surface area contributed by atoms with Gasteiger partial charge in [0.2, 0.25) is 5.91 Å². The molecule has 0 bridgehead atoms. The summed E-state index contributed by atoms with van der Waals surface area (Å²) in [4.78, 5) is 12.2. The van der Waals surface area contributed by atoms with Gasteiger partial charge in [0, 0.05) is 21.2 Å². The molecule has 1 amide bonds. The number of hydrogen-bond donors (Lipinski definition) is 2. The molecule has 0 unspecified atom stereocenters. The topological polar surface area (TPSA) is 41.1 Å². The Balaban J connectivity index is 1.93. The van der Waals surface area contributed by atoms with Crippen molar-refractivity contribution in [1.29, 1.82) is 0 Å². The number of anilines is 1. The largest absolute Gasteiger partial charge is 0.325 e. The van der Waals surface area contributed by atoms with Gasteiger partial charge in [0.15, 0.2) is 0 Å². The summed E-state index contributed by atoms with van der Waals surface area (Å²) in [6.07, 6.45) is 0. The fourth-order valence-electron chi connectivity index (χ4n) is 2.08. The molecule has 2 atom stereocenters. The van der Waals surface area contributed by atoms with Crippen molar-refractivity contribution in [2.45, 2.75) is 25.9 Å². The minimum absolute atomic E-state index is 0.0583. The Morgan fingerprint density at radius 1 is 1.05 bits per heavy atom. The van der Waals surface area contributed by atoms with Gasteiger partial charge in [-0.1, -0.05) is 39.7 Å². The number of carbonyl (C=O) groups excluding carboxylic acids is 1. The number of halogens is 2. The van der Waals surface area contributed by atoms with E-state index in [1.807, 2.05) is 62.4 Å². The molecule has 0 spiro atoms. The molecule has 5 heteroatoms. The van der Waals surface area contributed by atoms with Crippen LogP contribution in [0.1, 0.15) is 25.5 Å². The minimum Gasteiger partial charge on any atom is -0.325 e. The molecule has 0 fully saturated rings. The monoisotopic (exact) mass is 380 g/mol. The predicted octanol–water partition coefficient (Wildman–Crippen LogP) is 4.78. The van der Waals surface area contributed by atoms with Crippen molar-refractivity contribution in [3.8, 4) is 0 Å². The number of benzene rings is 2. The van der Waals surface area contributed by atoms with Crippen molar-refractivity contribution < 1.29 is 4.79 Å². The number of hydrogen-bond acceptors (Lipinski definition) is 2. The standard InChI is InChI=1S/C17H18BrClN2O/c1-11(13-3-7-15(19)8-4-13)20-12(2)17(22)21-16-9-5-14(18)6-10-16/h3-12,20H,1-2H3,(H,21,22)/t11-,12-/m1/s1. The van der Waals surface area contributed by atoms with Crippen molar-refractivity contribution in [3.05, 3.63) is 63.6 Å². The van der Waals surface area contributed by atoms with Crippen LogP contribution in [0.2, 0.25) is 5.02 Å². The van der Waals surface area contributed by atoms with E-state index in [1.54, 1.807) is 0 Å². The van der Waals surface area contributed by atoms with Gasteiger partial charge in [-0.15, -0.1) is 0 Å². The summed E-state index contributed by atoms with van der Waals surface area (Å²) in [6.45, 7) is 3.87. The minimum atomic E-state index is -0.311. The number of carbonyl (C=O) groups is 1. The van der Waals surface area contributed by atoms with Gasteiger partial charge < -0.3 is 5.32 Å². The Labute approximate surface area is 144 Å². The number of amides is 1. The molecule has 0 saturated carbocycles. The average Bonchev–Trinajstić information content (AvgIpc) is 2.50. The highest BCUT2D eigenvalue weighted by Crippen LogP contribution is 2.17. The average molecular weight is 382 g/mol. The van der Waals surface area contributed by atoms with E-state index >= 15 is 0 Å². The highest BCUT2D eigenvalue weighted by molar-refractivity contribution is 9.10. The van der Waals surface area contributed by atoms with Crippen LogP contribution in [0.3, 0.4) is 0 Å². The molecule has 0 aliphatic rings. The first-order valence-electron chi connectivity index (χ1n) is 7.03. The zero-order chi connectivity index (χ0) is 16.1. The van der Waals surface area contributed by atoms with Crippen molar-refractivity contribution >= 4 is 39.1 Å². The van der Waals surface area contributed by atoms with Crippen molar-refractivity contribution in [2.75, 3.05) is 5.32 Å². The molecule has 2 N–H and O–H groups in total. The second-order valence-electron chi connectivity index (χ2n) is 5.16. The van der Waals surface area contributed by atoms with Crippen LogP contribution < -0.4 is 10.6 Å². The summed E-state index contributed by atoms with van der Waals surface area (Å²) in [6, 6.07) is 14.9. The van der Waals surface area contributed by atoms with Crippen LogP contribution in [0.4, 0.5) is 5.69 Å². The number of nitrogens with one attached hydrogen (secondary N) is 2. The Morgan fingerprint density at radius 3 is 2.23 bits per heavy atom. The zero-order valence-corrected chi connectivity index (χ0v) is 14.8. The zero-order valence-electron chi connectivity index (χ0n) is 12.4. The Bertz CT molecular complexity index is 628. The van der Waals surface area contributed by atoms with E-state index in [-0.39, 0.29) is 18.0 Å². The van der Waals surface area contributed by atoms with Crippen LogP contribution >= 0.6 is 27.5 Å². The van der Waals surface area contributed by atoms with Crippen molar-refractivity contribution in [3.63, 3.8) is 0 Å². The van der Waals surface area contributed by atoms with E-state index < -0.39 is 0 Å². The first-order chi connectivity index (χ1) is 10.5. The number of rotatable bonds is 5. The highest BCUT2D eigenvalue weighted by Gasteiger charge is 2.16. The molecule has 22 heavy (non-hydrogen) atoms. The van der Waals surface area contributed by atoms with Gasteiger partial charge in [-0.05, 0) is 55.8 Å². The smallest absolute Gasteiger partial charge is 0.241 e. The van der Waals surface area contributed by atoms with Gasteiger partial charge in [0.1, 0.15) is 0 Å². The van der Waals surface area contributed by atoms with E-state index in [2.05, 4.69) is 26.6 Å². The second kappa shape index (κ2) is 7.77. The summed E-state index contributed by atoms with van der Waals surface area (Å²) in [5, 5.41) is 6.88. The molecule has 2 rings (SSSR count). The van der Waals surface area contributed by atoms with E-state index in [0.717, 1.165) is 15.7 Å². The third-order valence-electron chi connectivity index (χ3n) is 3.38. The summed E-state index contributed by atoms with van der Waals surface area (Å²) >= 11 is 9.26. The van der Waals surface area contributed by atoms with Gasteiger partial charge >= 0.3 is 0 Å². The predicted molar refractivity (Wildman–Crippen MR) is 95.2 cm³/mol. The van der Waals surface area contributed by atoms with E-state index in [4.69, 9.17) is 11.6 Å². The van der Waals surface area contributed by atoms with Gasteiger partial charge in [0.25, 0.3) is 0 Å². The van der Waals surface area contributed by atoms with Crippen LogP contribution in [0.25, 0.3) is 0 Å². The molecule has 2 aromatic rings. The van der Waals surface area contributed by atoms with Crippen LogP contribution in [-0.2, 0) is 4.79 Å². The van der Waals surface area contributed by atoms with Crippen LogP contribution in [0, 0.1) is 0 Å². The Hall–Kier alpha value is -1.36. The molecule has 0 saturated heterocycles. The fourth-order valence-corrected chi connectivity index (χ4v) is 2.47. The molecule has 116 valence electrons. The maximum absolute atomic E-state index is 12.2. The Morgan fingerprint density at radius 2 is 1.64 bits per heavy atom. The SMILES string of the molecule is C[C@@H](N[C@H](C)c1ccc(Cl)cc1)C(=O)Nc1ccc(Br)cc1. The van der Waals surface area contributed by atoms with Crippen LogP contribution in [-0.4, -0.2) is 11.9 Å². The third kappa shape index (κ3) is 4.83. The molecule has 0 aromatic heterocycles. The summed E-state index contributed by atoms with van der Waals surface area (Å²) in [5.41, 5.74) is 1.87. The van der Waals surface area contributed by atoms with E-state index in [1.165, 1.54) is 0 Å². The van der Waals surface area contributed by atoms with Gasteiger partial charge in [-0.3, -0.25) is 10.1 Å². The van der Waals surface area contributed by atoms with Gasteiger partial charge in [-0.2, -0.15) is 0 Å². The lowest BCUT2D eigenvalue weighted by atomic mass is 10.1. The Kier molecular flexibility index (Phi) is 6.00. The lowest BCUT2D eigenvalue weighted by Crippen LogP contribution is -2.39. The molecule has 0 aliphatic heterocycles. The molecular formula is C17H18BrClN2O. The molecule has 0 heterocycles.